The number of nitrogens with two attached hydrogens (primary N) is 2. The van der Waals surface area contributed by atoms with E-state index in [1.807, 2.05) is 24.3 Å². The topological polar surface area (TPSA) is 143 Å². The van der Waals surface area contributed by atoms with Gasteiger partial charge >= 0.3 is 0 Å². The van der Waals surface area contributed by atoms with E-state index in [2.05, 4.69) is 15.6 Å². The van der Waals surface area contributed by atoms with E-state index in [-0.39, 0.29) is 13.0 Å². The lowest BCUT2D eigenvalue weighted by atomic mass is 10.0. The average Bonchev–Trinajstić information content (AvgIpc) is 2.95. The second kappa shape index (κ2) is 7.60. The molecule has 0 spiro atoms. The van der Waals surface area contributed by atoms with Gasteiger partial charge in [0.25, 0.3) is 0 Å². The highest BCUT2D eigenvalue weighted by Gasteiger charge is 2.20. The molecule has 0 radical (unpaired) electrons. The number of hydrogen-bond acceptors (Lipinski definition) is 4. The van der Waals surface area contributed by atoms with Crippen molar-refractivity contribution in [1.29, 1.82) is 0 Å². The predicted molar refractivity (Wildman–Crippen MR) is 89.8 cm³/mol. The summed E-state index contributed by atoms with van der Waals surface area (Å²) >= 11 is 0. The molecule has 0 fully saturated rings. The normalized spacial score (nSPS) is 13.2. The highest BCUT2D eigenvalue weighted by molar-refractivity contribution is 5.91. The van der Waals surface area contributed by atoms with Crippen LogP contribution in [0.5, 0.6) is 0 Å². The van der Waals surface area contributed by atoms with E-state index < -0.39 is 29.8 Å². The van der Waals surface area contributed by atoms with Gasteiger partial charge in [-0.05, 0) is 18.6 Å². The van der Waals surface area contributed by atoms with Gasteiger partial charge in [-0.1, -0.05) is 18.2 Å². The van der Waals surface area contributed by atoms with Crippen LogP contribution >= 0.6 is 0 Å². The van der Waals surface area contributed by atoms with E-state index in [0.29, 0.717) is 0 Å². The van der Waals surface area contributed by atoms with Gasteiger partial charge in [0.15, 0.2) is 0 Å². The SMILES string of the molecule is CC(N)C(=O)NCC(=O)NC(Cc1c[nH]c2ccccc12)C(N)=O. The Hall–Kier alpha value is -2.87. The van der Waals surface area contributed by atoms with Gasteiger partial charge in [-0.25, -0.2) is 0 Å². The van der Waals surface area contributed by atoms with Gasteiger partial charge < -0.3 is 27.1 Å². The molecule has 8 nitrogen and oxygen atoms in total. The summed E-state index contributed by atoms with van der Waals surface area (Å²) in [4.78, 5) is 38.0. The first-order chi connectivity index (χ1) is 11.4. The molecule has 1 heterocycles. The molecule has 24 heavy (non-hydrogen) atoms. The first kappa shape index (κ1) is 17.5. The highest BCUT2D eigenvalue weighted by atomic mass is 16.2. The zero-order valence-electron chi connectivity index (χ0n) is 13.3. The Bertz CT molecular complexity index is 753. The fraction of sp³-hybridized carbons (Fsp3) is 0.312. The van der Waals surface area contributed by atoms with Crippen molar-refractivity contribution in [2.75, 3.05) is 6.54 Å². The molecule has 0 aliphatic carbocycles. The number of rotatable bonds is 7. The third-order valence-electron chi connectivity index (χ3n) is 3.61. The molecular weight excluding hydrogens is 310 g/mol. The van der Waals surface area contributed by atoms with Crippen molar-refractivity contribution in [3.05, 3.63) is 36.0 Å². The number of nitrogens with one attached hydrogen (secondary N) is 3. The Morgan fingerprint density at radius 2 is 1.96 bits per heavy atom. The summed E-state index contributed by atoms with van der Waals surface area (Å²) in [5, 5.41) is 5.87. The van der Waals surface area contributed by atoms with Crippen LogP contribution in [-0.2, 0) is 20.8 Å². The van der Waals surface area contributed by atoms with Crippen molar-refractivity contribution in [2.24, 2.45) is 11.5 Å². The van der Waals surface area contributed by atoms with E-state index in [0.717, 1.165) is 16.5 Å². The molecule has 3 amide bonds. The van der Waals surface area contributed by atoms with Crippen LogP contribution in [0.15, 0.2) is 30.5 Å². The molecule has 0 aliphatic rings. The molecule has 2 unspecified atom stereocenters. The van der Waals surface area contributed by atoms with Crippen molar-refractivity contribution < 1.29 is 14.4 Å². The molecule has 2 rings (SSSR count). The van der Waals surface area contributed by atoms with Crippen LogP contribution in [0.4, 0.5) is 0 Å². The molecule has 1 aromatic carbocycles. The van der Waals surface area contributed by atoms with Gasteiger partial charge in [-0.2, -0.15) is 0 Å². The Labute approximate surface area is 139 Å². The van der Waals surface area contributed by atoms with Crippen molar-refractivity contribution >= 4 is 28.6 Å². The molecular formula is C16H21N5O3. The second-order valence-corrected chi connectivity index (χ2v) is 5.59. The third kappa shape index (κ3) is 4.32. The minimum Gasteiger partial charge on any atom is -0.368 e. The standard InChI is InChI=1S/C16H21N5O3/c1-9(17)16(24)20-8-14(22)21-13(15(18)23)6-10-7-19-12-5-3-2-4-11(10)12/h2-5,7,9,13,19H,6,8,17H2,1H3,(H2,18,23)(H,20,24)(H,21,22). The Morgan fingerprint density at radius 1 is 1.25 bits per heavy atom. The lowest BCUT2D eigenvalue weighted by Gasteiger charge is -2.16. The van der Waals surface area contributed by atoms with Gasteiger partial charge in [0.05, 0.1) is 12.6 Å². The molecule has 2 aromatic rings. The van der Waals surface area contributed by atoms with Crippen LogP contribution < -0.4 is 22.1 Å². The van der Waals surface area contributed by atoms with E-state index in [9.17, 15) is 14.4 Å². The van der Waals surface area contributed by atoms with Gasteiger partial charge in [0.2, 0.25) is 17.7 Å². The first-order valence-corrected chi connectivity index (χ1v) is 7.55. The number of carbonyl (C=O) groups is 3. The van der Waals surface area contributed by atoms with E-state index >= 15 is 0 Å². The van der Waals surface area contributed by atoms with E-state index in [4.69, 9.17) is 11.5 Å². The number of fused-ring (bicyclic) bond motifs is 1. The number of carbonyl (C=O) groups excluding carboxylic acids is 3. The zero-order chi connectivity index (χ0) is 17.7. The summed E-state index contributed by atoms with van der Waals surface area (Å²) in [5.41, 5.74) is 12.6. The molecule has 1 aromatic heterocycles. The second-order valence-electron chi connectivity index (χ2n) is 5.59. The minimum atomic E-state index is -0.871. The molecule has 2 atom stereocenters. The van der Waals surface area contributed by atoms with Gasteiger partial charge in [0.1, 0.15) is 6.04 Å². The number of benzene rings is 1. The number of aromatic amines is 1. The number of aromatic nitrogens is 1. The number of H-pyrrole nitrogens is 1. The van der Waals surface area contributed by atoms with E-state index in [1.165, 1.54) is 6.92 Å². The monoisotopic (exact) mass is 331 g/mol. The van der Waals surface area contributed by atoms with Gasteiger partial charge in [0, 0.05) is 23.5 Å². The van der Waals surface area contributed by atoms with Crippen LogP contribution in [0, 0.1) is 0 Å². The van der Waals surface area contributed by atoms with Crippen molar-refractivity contribution in [3.8, 4) is 0 Å². The average molecular weight is 331 g/mol. The Morgan fingerprint density at radius 3 is 2.62 bits per heavy atom. The Kier molecular flexibility index (Phi) is 5.54. The lowest BCUT2D eigenvalue weighted by molar-refractivity contribution is -0.128. The molecule has 7 N–H and O–H groups in total. The highest BCUT2D eigenvalue weighted by Crippen LogP contribution is 2.19. The van der Waals surface area contributed by atoms with Gasteiger partial charge in [-0.3, -0.25) is 14.4 Å². The smallest absolute Gasteiger partial charge is 0.240 e. The number of primary amides is 1. The lowest BCUT2D eigenvalue weighted by Crippen LogP contribution is -2.50. The first-order valence-electron chi connectivity index (χ1n) is 7.55. The number of hydrogen-bond donors (Lipinski definition) is 5. The maximum Gasteiger partial charge on any atom is 0.240 e. The zero-order valence-corrected chi connectivity index (χ0v) is 13.3. The van der Waals surface area contributed by atoms with Gasteiger partial charge in [-0.15, -0.1) is 0 Å². The number of para-hydroxylation sites is 1. The predicted octanol–water partition coefficient (Wildman–Crippen LogP) is -0.856. The van der Waals surface area contributed by atoms with E-state index in [1.54, 1.807) is 6.20 Å². The summed E-state index contributed by atoms with van der Waals surface area (Å²) in [6.07, 6.45) is 2.04. The quantitative estimate of drug-likeness (QED) is 0.450. The molecule has 128 valence electrons. The fourth-order valence-electron chi connectivity index (χ4n) is 2.32. The van der Waals surface area contributed by atoms with Crippen molar-refractivity contribution in [2.45, 2.75) is 25.4 Å². The minimum absolute atomic E-state index is 0.256. The molecule has 0 saturated heterocycles. The van der Waals surface area contributed by atoms with Crippen molar-refractivity contribution in [3.63, 3.8) is 0 Å². The fourth-order valence-corrected chi connectivity index (χ4v) is 2.32. The largest absolute Gasteiger partial charge is 0.368 e. The van der Waals surface area contributed by atoms with Crippen molar-refractivity contribution in [1.82, 2.24) is 15.6 Å². The molecule has 0 bridgehead atoms. The number of amides is 3. The molecule has 0 saturated carbocycles. The summed E-state index contributed by atoms with van der Waals surface area (Å²) in [6.45, 7) is 1.24. The van der Waals surface area contributed by atoms with Crippen LogP contribution in [0.1, 0.15) is 12.5 Å². The summed E-state index contributed by atoms with van der Waals surface area (Å²) in [6, 6.07) is 6.04. The summed E-state index contributed by atoms with van der Waals surface area (Å²) in [5.74, 6) is -1.60. The van der Waals surface area contributed by atoms with Crippen LogP contribution in [0.25, 0.3) is 10.9 Å². The van der Waals surface area contributed by atoms with Crippen LogP contribution in [-0.4, -0.2) is 41.3 Å². The van der Waals surface area contributed by atoms with Crippen LogP contribution in [0.2, 0.25) is 0 Å². The molecule has 0 aliphatic heterocycles. The Balaban J connectivity index is 2.01. The summed E-state index contributed by atoms with van der Waals surface area (Å²) in [7, 11) is 0. The summed E-state index contributed by atoms with van der Waals surface area (Å²) < 4.78 is 0. The molecule has 8 heteroatoms. The maximum atomic E-state index is 11.9. The third-order valence-corrected chi connectivity index (χ3v) is 3.61. The maximum absolute atomic E-state index is 11.9. The van der Waals surface area contributed by atoms with Crippen LogP contribution in [0.3, 0.4) is 0 Å².